The Balaban J connectivity index is 1.35. The summed E-state index contributed by atoms with van der Waals surface area (Å²) in [6.07, 6.45) is 9.24. The van der Waals surface area contributed by atoms with Crippen molar-refractivity contribution in [1.29, 1.82) is 0 Å². The second-order valence-corrected chi connectivity index (χ2v) is 12.5. The summed E-state index contributed by atoms with van der Waals surface area (Å²) >= 11 is 0. The summed E-state index contributed by atoms with van der Waals surface area (Å²) in [6, 6.07) is 16.6. The zero-order valence-electron chi connectivity index (χ0n) is 22.8. The van der Waals surface area contributed by atoms with E-state index in [9.17, 15) is 26.4 Å². The Morgan fingerprint density at radius 1 is 0.850 bits per heavy atom. The van der Waals surface area contributed by atoms with Gasteiger partial charge in [-0.15, -0.1) is 0 Å². The molecule has 2 aromatic carbocycles. The summed E-state index contributed by atoms with van der Waals surface area (Å²) in [5, 5.41) is 0. The van der Waals surface area contributed by atoms with Gasteiger partial charge in [0.1, 0.15) is 5.75 Å². The fourth-order valence-electron chi connectivity index (χ4n) is 5.13. The number of halogens is 3. The van der Waals surface area contributed by atoms with Crippen molar-refractivity contribution >= 4 is 15.8 Å². The topological polar surface area (TPSA) is 69.7 Å². The van der Waals surface area contributed by atoms with Crippen LogP contribution >= 0.6 is 0 Å². The van der Waals surface area contributed by atoms with Gasteiger partial charge in [-0.1, -0.05) is 43.0 Å². The van der Waals surface area contributed by atoms with E-state index in [0.29, 0.717) is 25.6 Å². The first-order valence-electron chi connectivity index (χ1n) is 14.0. The number of hydrogen-bond donors (Lipinski definition) is 0. The van der Waals surface area contributed by atoms with Crippen LogP contribution in [0.2, 0.25) is 0 Å². The predicted octanol–water partition coefficient (Wildman–Crippen LogP) is 8.01. The van der Waals surface area contributed by atoms with Crippen molar-refractivity contribution in [3.63, 3.8) is 0 Å². The molecule has 0 bridgehead atoms. The lowest BCUT2D eigenvalue weighted by atomic mass is 9.77. The van der Waals surface area contributed by atoms with E-state index in [2.05, 4.69) is 30.8 Å². The fraction of sp³-hybridized carbons (Fsp3) is 0.516. The van der Waals surface area contributed by atoms with E-state index in [1.807, 2.05) is 24.3 Å². The lowest BCUT2D eigenvalue weighted by molar-refractivity contribution is -0.137. The number of rotatable bonds is 15. The molecule has 1 saturated carbocycles. The normalized spacial score (nSPS) is 17.8. The van der Waals surface area contributed by atoms with Gasteiger partial charge in [0, 0.05) is 6.08 Å². The molecule has 1 aliphatic carbocycles. The number of ether oxygens (including phenoxy) is 2. The van der Waals surface area contributed by atoms with Gasteiger partial charge < -0.3 is 9.47 Å². The smallest absolute Gasteiger partial charge is 0.494 e. The Morgan fingerprint density at radius 2 is 1.43 bits per heavy atom. The highest BCUT2D eigenvalue weighted by Gasteiger charge is 2.44. The predicted molar refractivity (Wildman–Crippen MR) is 151 cm³/mol. The monoisotopic (exact) mass is 580 g/mol. The summed E-state index contributed by atoms with van der Waals surface area (Å²) in [5.74, 6) is 0.331. The van der Waals surface area contributed by atoms with Crippen LogP contribution in [0.4, 0.5) is 13.2 Å². The van der Waals surface area contributed by atoms with Gasteiger partial charge in [0.2, 0.25) is 9.84 Å². The van der Waals surface area contributed by atoms with Crippen LogP contribution < -0.4 is 4.74 Å². The molecule has 1 fully saturated rings. The van der Waals surface area contributed by atoms with E-state index in [-0.39, 0.29) is 18.3 Å². The second kappa shape index (κ2) is 15.3. The number of carbonyl (C=O) groups excluding carboxylic acids is 1. The molecule has 0 atom stereocenters. The molecule has 0 aliphatic heterocycles. The number of unbranched alkanes of at least 4 members (excludes halogenated alkanes) is 3. The van der Waals surface area contributed by atoms with E-state index < -0.39 is 21.1 Å². The van der Waals surface area contributed by atoms with Gasteiger partial charge in [0.25, 0.3) is 0 Å². The van der Waals surface area contributed by atoms with Gasteiger partial charge in [0.05, 0.1) is 19.0 Å². The van der Waals surface area contributed by atoms with Crippen molar-refractivity contribution in [3.8, 4) is 16.9 Å². The molecule has 0 N–H and O–H groups in total. The zero-order valence-corrected chi connectivity index (χ0v) is 23.7. The SMILES string of the molecule is C=CC(=O)OCCCCCCOc1ccc(-c2ccc(C3CCC(CCCS(=O)(=O)C(F)(F)F)CC3)cc2)cc1. The van der Waals surface area contributed by atoms with Crippen LogP contribution in [0.25, 0.3) is 11.1 Å². The molecule has 0 unspecified atom stereocenters. The molecule has 2 aromatic rings. The molecule has 0 spiro atoms. The fourth-order valence-corrected chi connectivity index (χ4v) is 5.91. The summed E-state index contributed by atoms with van der Waals surface area (Å²) in [4.78, 5) is 11.0. The third kappa shape index (κ3) is 9.98. The van der Waals surface area contributed by atoms with Gasteiger partial charge in [0.15, 0.2) is 0 Å². The Kier molecular flexibility index (Phi) is 12.1. The standard InChI is InChI=1S/C31H39F3O5S/c1-2-30(35)39-22-6-4-3-5-21-38-29-19-17-28(18-20-29)27-15-13-26(14-16-27)25-11-9-24(10-12-25)8-7-23-40(36,37)31(32,33)34/h2,13-20,24-25H,1,3-12,21-23H2. The minimum absolute atomic E-state index is 0.0618. The maximum atomic E-state index is 12.5. The zero-order chi connectivity index (χ0) is 29.0. The van der Waals surface area contributed by atoms with Gasteiger partial charge in [-0.3, -0.25) is 0 Å². The maximum absolute atomic E-state index is 12.5. The lowest BCUT2D eigenvalue weighted by Crippen LogP contribution is -2.26. The van der Waals surface area contributed by atoms with Crippen molar-refractivity contribution in [3.05, 3.63) is 66.7 Å². The van der Waals surface area contributed by atoms with Crippen molar-refractivity contribution in [2.45, 2.75) is 75.6 Å². The summed E-state index contributed by atoms with van der Waals surface area (Å²) in [5.41, 5.74) is -1.67. The maximum Gasteiger partial charge on any atom is 0.497 e. The second-order valence-electron chi connectivity index (χ2n) is 10.4. The summed E-state index contributed by atoms with van der Waals surface area (Å²) < 4.78 is 70.8. The molecule has 220 valence electrons. The minimum atomic E-state index is -5.15. The minimum Gasteiger partial charge on any atom is -0.494 e. The highest BCUT2D eigenvalue weighted by Crippen LogP contribution is 2.38. The first-order chi connectivity index (χ1) is 19.1. The number of carbonyl (C=O) groups is 1. The van der Waals surface area contributed by atoms with Crippen LogP contribution in [-0.2, 0) is 19.4 Å². The first kappa shape index (κ1) is 31.7. The van der Waals surface area contributed by atoms with Crippen LogP contribution in [0, 0.1) is 5.92 Å². The van der Waals surface area contributed by atoms with Crippen LogP contribution in [0.3, 0.4) is 0 Å². The average molecular weight is 581 g/mol. The molecule has 0 saturated heterocycles. The van der Waals surface area contributed by atoms with Crippen LogP contribution in [0.5, 0.6) is 5.75 Å². The van der Waals surface area contributed by atoms with Crippen LogP contribution in [0.1, 0.15) is 75.7 Å². The average Bonchev–Trinajstić information content (AvgIpc) is 2.94. The molecule has 0 radical (unpaired) electrons. The largest absolute Gasteiger partial charge is 0.497 e. The Bertz CT molecular complexity index is 1170. The first-order valence-corrected chi connectivity index (χ1v) is 15.7. The Hall–Kier alpha value is -2.81. The third-order valence-corrected chi connectivity index (χ3v) is 9.04. The number of alkyl halides is 3. The van der Waals surface area contributed by atoms with Gasteiger partial charge in [-0.2, -0.15) is 13.2 Å². The van der Waals surface area contributed by atoms with E-state index in [4.69, 9.17) is 9.47 Å². The molecule has 0 aromatic heterocycles. The Labute approximate surface area is 235 Å². The molecule has 0 heterocycles. The van der Waals surface area contributed by atoms with E-state index >= 15 is 0 Å². The highest BCUT2D eigenvalue weighted by molar-refractivity contribution is 7.92. The van der Waals surface area contributed by atoms with Crippen LogP contribution in [-0.4, -0.2) is 38.9 Å². The third-order valence-electron chi connectivity index (χ3n) is 7.51. The molecule has 5 nitrogen and oxygen atoms in total. The molecular formula is C31H39F3O5S. The molecule has 1 aliphatic rings. The van der Waals surface area contributed by atoms with Crippen molar-refractivity contribution < 1.29 is 35.9 Å². The number of esters is 1. The van der Waals surface area contributed by atoms with E-state index in [1.54, 1.807) is 0 Å². The molecular weight excluding hydrogens is 541 g/mol. The van der Waals surface area contributed by atoms with Gasteiger partial charge in [-0.25, -0.2) is 13.2 Å². The molecule has 40 heavy (non-hydrogen) atoms. The Morgan fingerprint density at radius 3 is 2.00 bits per heavy atom. The lowest BCUT2D eigenvalue weighted by Gasteiger charge is -2.29. The highest BCUT2D eigenvalue weighted by atomic mass is 32.2. The van der Waals surface area contributed by atoms with Crippen molar-refractivity contribution in [2.75, 3.05) is 19.0 Å². The molecule has 0 amide bonds. The summed E-state index contributed by atoms with van der Waals surface area (Å²) in [7, 11) is -5.01. The number of sulfone groups is 1. The number of hydrogen-bond acceptors (Lipinski definition) is 5. The number of benzene rings is 2. The van der Waals surface area contributed by atoms with E-state index in [0.717, 1.165) is 68.2 Å². The van der Waals surface area contributed by atoms with Gasteiger partial charge >= 0.3 is 11.5 Å². The summed E-state index contributed by atoms with van der Waals surface area (Å²) in [6.45, 7) is 4.42. The van der Waals surface area contributed by atoms with E-state index in [1.165, 1.54) is 11.6 Å². The molecule has 9 heteroatoms. The molecule has 3 rings (SSSR count). The van der Waals surface area contributed by atoms with Crippen LogP contribution in [0.15, 0.2) is 61.2 Å². The van der Waals surface area contributed by atoms with Gasteiger partial charge in [-0.05, 0) is 105 Å². The quantitative estimate of drug-likeness (QED) is 0.121. The van der Waals surface area contributed by atoms with Crippen molar-refractivity contribution in [2.24, 2.45) is 5.92 Å². The van der Waals surface area contributed by atoms with Crippen molar-refractivity contribution in [1.82, 2.24) is 0 Å².